The van der Waals surface area contributed by atoms with Crippen molar-refractivity contribution in [3.8, 4) is 11.5 Å². The summed E-state index contributed by atoms with van der Waals surface area (Å²) in [5, 5.41) is 3.34. The first kappa shape index (κ1) is 34.3. The summed E-state index contributed by atoms with van der Waals surface area (Å²) in [7, 11) is -1.48. The smallest absolute Gasteiger partial charge is 0.264 e. The molecule has 0 saturated carbocycles. The summed E-state index contributed by atoms with van der Waals surface area (Å²) >= 11 is 6.14. The quantitative estimate of drug-likeness (QED) is 0.175. The summed E-state index contributed by atoms with van der Waals surface area (Å²) in [6.45, 7) is 1.88. The molecule has 0 aliphatic heterocycles. The van der Waals surface area contributed by atoms with Crippen molar-refractivity contribution >= 4 is 39.1 Å². The molecule has 0 radical (unpaired) electrons. The molecule has 4 aromatic rings. The highest BCUT2D eigenvalue weighted by Gasteiger charge is 2.35. The number of ether oxygens (including phenoxy) is 2. The molecule has 242 valence electrons. The second kappa shape index (κ2) is 16.1. The van der Waals surface area contributed by atoms with Gasteiger partial charge in [-0.2, -0.15) is 0 Å². The molecule has 46 heavy (non-hydrogen) atoms. The fourth-order valence-corrected chi connectivity index (χ4v) is 6.50. The van der Waals surface area contributed by atoms with Gasteiger partial charge in [0.25, 0.3) is 10.0 Å². The Kier molecular flexibility index (Phi) is 12.1. The fraction of sp³-hybridized carbons (Fsp3) is 0.257. The minimum absolute atomic E-state index is 0.0849. The van der Waals surface area contributed by atoms with Gasteiger partial charge in [0.05, 0.1) is 24.8 Å². The van der Waals surface area contributed by atoms with Crippen LogP contribution in [0.1, 0.15) is 24.5 Å². The average Bonchev–Trinajstić information content (AvgIpc) is 3.08. The van der Waals surface area contributed by atoms with E-state index in [4.69, 9.17) is 21.1 Å². The van der Waals surface area contributed by atoms with Gasteiger partial charge in [-0.15, -0.1) is 0 Å². The molecular weight excluding hydrogens is 626 g/mol. The number of anilines is 1. The monoisotopic (exact) mass is 663 g/mol. The van der Waals surface area contributed by atoms with Gasteiger partial charge in [-0.1, -0.05) is 79.2 Å². The second-order valence-electron chi connectivity index (χ2n) is 10.5. The third-order valence-electron chi connectivity index (χ3n) is 7.35. The standard InChI is InChI=1S/C35H38ClN3O6S/c1-4-21-37-35(41)31(22-26-11-7-5-8-12-26)38(24-27-13-9-6-10-14-27)34(40)25-39(29-17-15-28(36)16-18-29)46(42,43)30-19-20-32(44-2)33(23-30)45-3/h5-20,23,31H,4,21-22,24-25H2,1-3H3,(H,37,41)/t31-/m1/s1. The highest BCUT2D eigenvalue weighted by atomic mass is 35.5. The Hall–Kier alpha value is -4.54. The van der Waals surface area contributed by atoms with Crippen LogP contribution in [0, 0.1) is 0 Å². The molecule has 4 rings (SSSR count). The topological polar surface area (TPSA) is 105 Å². The van der Waals surface area contributed by atoms with Crippen LogP contribution >= 0.6 is 11.6 Å². The lowest BCUT2D eigenvalue weighted by Crippen LogP contribution is -2.53. The number of benzene rings is 4. The number of hydrogen-bond acceptors (Lipinski definition) is 6. The molecule has 0 bridgehead atoms. The van der Waals surface area contributed by atoms with Crippen molar-refractivity contribution in [3.63, 3.8) is 0 Å². The summed E-state index contributed by atoms with van der Waals surface area (Å²) in [6.07, 6.45) is 0.947. The molecule has 0 spiro atoms. The molecule has 0 unspecified atom stereocenters. The molecule has 1 N–H and O–H groups in total. The summed E-state index contributed by atoms with van der Waals surface area (Å²) in [4.78, 5) is 29.5. The van der Waals surface area contributed by atoms with E-state index in [0.29, 0.717) is 23.7 Å². The number of nitrogens with zero attached hydrogens (tertiary/aromatic N) is 2. The Morgan fingerprint density at radius 2 is 1.43 bits per heavy atom. The lowest BCUT2D eigenvalue weighted by Gasteiger charge is -2.34. The molecule has 0 aliphatic carbocycles. The molecular formula is C35H38ClN3O6S. The highest BCUT2D eigenvalue weighted by Crippen LogP contribution is 2.33. The molecule has 0 aliphatic rings. The van der Waals surface area contributed by atoms with Gasteiger partial charge in [0.2, 0.25) is 11.8 Å². The first-order valence-electron chi connectivity index (χ1n) is 14.8. The van der Waals surface area contributed by atoms with Crippen LogP contribution < -0.4 is 19.1 Å². The van der Waals surface area contributed by atoms with Gasteiger partial charge < -0.3 is 19.7 Å². The van der Waals surface area contributed by atoms with Crippen molar-refractivity contribution in [2.24, 2.45) is 0 Å². The molecule has 9 nitrogen and oxygen atoms in total. The number of carbonyl (C=O) groups excluding carboxylic acids is 2. The first-order chi connectivity index (χ1) is 22.2. The molecule has 2 amide bonds. The SMILES string of the molecule is CCCNC(=O)[C@@H](Cc1ccccc1)N(Cc1ccccc1)C(=O)CN(c1ccc(Cl)cc1)S(=O)(=O)c1ccc(OC)c(OC)c1. The zero-order valence-corrected chi connectivity index (χ0v) is 27.6. The number of halogens is 1. The van der Waals surface area contributed by atoms with E-state index in [1.807, 2.05) is 67.6 Å². The maximum atomic E-state index is 14.5. The minimum Gasteiger partial charge on any atom is -0.493 e. The van der Waals surface area contributed by atoms with Crippen LogP contribution in [0.25, 0.3) is 0 Å². The number of hydrogen-bond donors (Lipinski definition) is 1. The first-order valence-corrected chi connectivity index (χ1v) is 16.6. The van der Waals surface area contributed by atoms with Gasteiger partial charge >= 0.3 is 0 Å². The predicted molar refractivity (Wildman–Crippen MR) is 180 cm³/mol. The van der Waals surface area contributed by atoms with Crippen LogP contribution in [0.2, 0.25) is 5.02 Å². The number of methoxy groups -OCH3 is 2. The van der Waals surface area contributed by atoms with Crippen LogP contribution in [0.3, 0.4) is 0 Å². The van der Waals surface area contributed by atoms with Gasteiger partial charge in [0, 0.05) is 30.6 Å². The fourth-order valence-electron chi connectivity index (χ4n) is 4.94. The van der Waals surface area contributed by atoms with Crippen molar-refractivity contribution in [1.29, 1.82) is 0 Å². The van der Waals surface area contributed by atoms with Gasteiger partial charge in [0.15, 0.2) is 11.5 Å². The molecule has 0 saturated heterocycles. The zero-order valence-electron chi connectivity index (χ0n) is 26.1. The summed E-state index contributed by atoms with van der Waals surface area (Å²) < 4.78 is 40.2. The van der Waals surface area contributed by atoms with Crippen LogP contribution in [-0.2, 0) is 32.6 Å². The van der Waals surface area contributed by atoms with Crippen molar-refractivity contribution in [3.05, 3.63) is 119 Å². The highest BCUT2D eigenvalue weighted by molar-refractivity contribution is 7.92. The van der Waals surface area contributed by atoms with E-state index >= 15 is 0 Å². The second-order valence-corrected chi connectivity index (χ2v) is 12.8. The lowest BCUT2D eigenvalue weighted by atomic mass is 10.0. The zero-order chi connectivity index (χ0) is 33.1. The predicted octanol–water partition coefficient (Wildman–Crippen LogP) is 5.72. The van der Waals surface area contributed by atoms with E-state index in [1.165, 1.54) is 49.5 Å². The minimum atomic E-state index is -4.34. The van der Waals surface area contributed by atoms with Crippen LogP contribution in [0.4, 0.5) is 5.69 Å². The van der Waals surface area contributed by atoms with E-state index < -0.39 is 28.5 Å². The molecule has 1 atom stereocenters. The summed E-state index contributed by atoms with van der Waals surface area (Å²) in [5.74, 6) is -0.315. The van der Waals surface area contributed by atoms with Crippen LogP contribution in [-0.4, -0.2) is 58.5 Å². The largest absolute Gasteiger partial charge is 0.493 e. The maximum Gasteiger partial charge on any atom is 0.264 e. The Morgan fingerprint density at radius 3 is 2.02 bits per heavy atom. The Morgan fingerprint density at radius 1 is 0.826 bits per heavy atom. The average molecular weight is 664 g/mol. The molecule has 0 aromatic heterocycles. The normalized spacial score (nSPS) is 11.7. The maximum absolute atomic E-state index is 14.5. The van der Waals surface area contributed by atoms with Crippen molar-refractivity contribution in [2.45, 2.75) is 37.2 Å². The third-order valence-corrected chi connectivity index (χ3v) is 9.37. The van der Waals surface area contributed by atoms with Crippen LogP contribution in [0.15, 0.2) is 108 Å². The van der Waals surface area contributed by atoms with E-state index in [0.717, 1.165) is 15.4 Å². The van der Waals surface area contributed by atoms with Gasteiger partial charge in [-0.3, -0.25) is 13.9 Å². The van der Waals surface area contributed by atoms with E-state index in [9.17, 15) is 18.0 Å². The number of nitrogens with one attached hydrogen (secondary N) is 1. The third kappa shape index (κ3) is 8.58. The van der Waals surface area contributed by atoms with Crippen molar-refractivity contribution < 1.29 is 27.5 Å². The van der Waals surface area contributed by atoms with Gasteiger partial charge in [-0.05, 0) is 53.9 Å². The molecule has 11 heteroatoms. The van der Waals surface area contributed by atoms with Gasteiger partial charge in [-0.25, -0.2) is 8.42 Å². The van der Waals surface area contributed by atoms with Crippen molar-refractivity contribution in [2.75, 3.05) is 31.6 Å². The Labute approximate surface area is 275 Å². The van der Waals surface area contributed by atoms with E-state index in [2.05, 4.69) is 5.32 Å². The Bertz CT molecular complexity index is 1700. The number of carbonyl (C=O) groups is 2. The number of amides is 2. The van der Waals surface area contributed by atoms with Crippen LogP contribution in [0.5, 0.6) is 11.5 Å². The van der Waals surface area contributed by atoms with Gasteiger partial charge in [0.1, 0.15) is 12.6 Å². The van der Waals surface area contributed by atoms with E-state index in [1.54, 1.807) is 12.1 Å². The van der Waals surface area contributed by atoms with Crippen molar-refractivity contribution in [1.82, 2.24) is 10.2 Å². The molecule has 4 aromatic carbocycles. The molecule has 0 fully saturated rings. The number of sulfonamides is 1. The lowest BCUT2D eigenvalue weighted by molar-refractivity contribution is -0.140. The Balaban J connectivity index is 1.80. The summed E-state index contributed by atoms with van der Waals surface area (Å²) in [6, 6.07) is 28.2. The molecule has 0 heterocycles. The number of rotatable bonds is 15. The summed E-state index contributed by atoms with van der Waals surface area (Å²) in [5.41, 5.74) is 1.87. The van der Waals surface area contributed by atoms with E-state index in [-0.39, 0.29) is 35.2 Å².